The average Bonchev–Trinajstić information content (AvgIpc) is 2.26. The third kappa shape index (κ3) is 2.00. The van der Waals surface area contributed by atoms with Crippen molar-refractivity contribution in [3.8, 4) is 0 Å². The van der Waals surface area contributed by atoms with Crippen molar-refractivity contribution in [3.63, 3.8) is 0 Å². The van der Waals surface area contributed by atoms with Crippen molar-refractivity contribution in [2.45, 2.75) is 6.54 Å². The summed E-state index contributed by atoms with van der Waals surface area (Å²) < 4.78 is 4.99. The van der Waals surface area contributed by atoms with E-state index in [0.717, 1.165) is 0 Å². The van der Waals surface area contributed by atoms with Crippen molar-refractivity contribution in [1.29, 1.82) is 0 Å². The van der Waals surface area contributed by atoms with Crippen LogP contribution in [-0.2, 0) is 6.54 Å². The Hall–Kier alpha value is -1.97. The molecule has 80 valence electrons. The fourth-order valence-corrected chi connectivity index (χ4v) is 1.61. The first kappa shape index (κ1) is 10.5. The summed E-state index contributed by atoms with van der Waals surface area (Å²) in [6.07, 6.45) is 0. The molecule has 0 amide bonds. The highest BCUT2D eigenvalue weighted by molar-refractivity contribution is 6.31. The van der Waals surface area contributed by atoms with E-state index in [0.29, 0.717) is 21.6 Å². The van der Waals surface area contributed by atoms with Crippen LogP contribution in [0.4, 0.5) is 0 Å². The van der Waals surface area contributed by atoms with E-state index in [4.69, 9.17) is 21.5 Å². The summed E-state index contributed by atoms with van der Waals surface area (Å²) in [6, 6.07) is 6.21. The molecule has 6 heteroatoms. The first-order chi connectivity index (χ1) is 7.70. The summed E-state index contributed by atoms with van der Waals surface area (Å²) in [6.45, 7) is 0.0962. The largest absolute Gasteiger partial charge is 0.423 e. The molecule has 0 aliphatic carbocycles. The number of benzene rings is 1. The molecule has 0 aliphatic heterocycles. The van der Waals surface area contributed by atoms with Gasteiger partial charge in [0.05, 0.1) is 6.54 Å². The van der Waals surface area contributed by atoms with Crippen LogP contribution in [0.5, 0.6) is 0 Å². The Balaban J connectivity index is 2.73. The molecule has 0 spiro atoms. The quantitative estimate of drug-likeness (QED) is 0.347. The smallest absolute Gasteiger partial charge is 0.336 e. The highest BCUT2D eigenvalue weighted by Crippen LogP contribution is 2.21. The average molecular weight is 236 g/mol. The van der Waals surface area contributed by atoms with E-state index in [1.165, 1.54) is 6.07 Å². The lowest BCUT2D eigenvalue weighted by molar-refractivity contribution is 0.559. The molecule has 0 fully saturated rings. The summed E-state index contributed by atoms with van der Waals surface area (Å²) >= 11 is 5.84. The second kappa shape index (κ2) is 4.26. The van der Waals surface area contributed by atoms with Gasteiger partial charge in [-0.25, -0.2) is 4.79 Å². The van der Waals surface area contributed by atoms with Gasteiger partial charge in [-0.15, -0.1) is 0 Å². The summed E-state index contributed by atoms with van der Waals surface area (Å²) in [4.78, 5) is 13.9. The van der Waals surface area contributed by atoms with Crippen LogP contribution in [0.3, 0.4) is 0 Å². The van der Waals surface area contributed by atoms with E-state index < -0.39 is 5.63 Å². The van der Waals surface area contributed by atoms with Crippen molar-refractivity contribution >= 4 is 22.6 Å². The topological polar surface area (TPSA) is 79.0 Å². The van der Waals surface area contributed by atoms with Crippen molar-refractivity contribution in [3.05, 3.63) is 55.7 Å². The van der Waals surface area contributed by atoms with Crippen LogP contribution >= 0.6 is 11.6 Å². The fourth-order valence-electron chi connectivity index (χ4n) is 1.44. The van der Waals surface area contributed by atoms with Gasteiger partial charge in [0.15, 0.2) is 0 Å². The number of hydrogen-bond acceptors (Lipinski definition) is 3. The van der Waals surface area contributed by atoms with Crippen LogP contribution in [0.2, 0.25) is 5.02 Å². The molecule has 0 unspecified atom stereocenters. The van der Waals surface area contributed by atoms with Crippen molar-refractivity contribution in [2.24, 2.45) is 5.11 Å². The molecule has 0 atom stereocenters. The molecule has 16 heavy (non-hydrogen) atoms. The monoisotopic (exact) mass is 235 g/mol. The lowest BCUT2D eigenvalue weighted by Crippen LogP contribution is -1.99. The second-order valence-electron chi connectivity index (χ2n) is 3.12. The molecule has 0 N–H and O–H groups in total. The zero-order valence-electron chi connectivity index (χ0n) is 8.05. The molecular weight excluding hydrogens is 230 g/mol. The Morgan fingerprint density at radius 1 is 1.44 bits per heavy atom. The third-order valence-corrected chi connectivity index (χ3v) is 2.33. The van der Waals surface area contributed by atoms with Gasteiger partial charge < -0.3 is 4.42 Å². The van der Waals surface area contributed by atoms with Gasteiger partial charge in [0.1, 0.15) is 5.58 Å². The first-order valence-electron chi connectivity index (χ1n) is 4.44. The molecule has 0 radical (unpaired) electrons. The number of fused-ring (bicyclic) bond motifs is 1. The van der Waals surface area contributed by atoms with Crippen molar-refractivity contribution in [2.75, 3.05) is 0 Å². The number of halogens is 1. The van der Waals surface area contributed by atoms with E-state index >= 15 is 0 Å². The molecule has 0 saturated carbocycles. The van der Waals surface area contributed by atoms with Crippen LogP contribution in [0.1, 0.15) is 5.56 Å². The van der Waals surface area contributed by atoms with Gasteiger partial charge in [-0.2, -0.15) is 0 Å². The van der Waals surface area contributed by atoms with E-state index in [9.17, 15) is 4.79 Å². The summed E-state index contributed by atoms with van der Waals surface area (Å²) in [7, 11) is 0. The van der Waals surface area contributed by atoms with E-state index in [1.54, 1.807) is 18.2 Å². The Morgan fingerprint density at radius 3 is 3.00 bits per heavy atom. The molecule has 0 bridgehead atoms. The Bertz CT molecular complexity index is 644. The summed E-state index contributed by atoms with van der Waals surface area (Å²) in [5, 5.41) is 4.63. The normalized spacial score (nSPS) is 10.1. The molecule has 2 rings (SSSR count). The maximum absolute atomic E-state index is 11.2. The maximum atomic E-state index is 11.2. The minimum Gasteiger partial charge on any atom is -0.423 e. The van der Waals surface area contributed by atoms with Crippen LogP contribution in [0.25, 0.3) is 21.4 Å². The van der Waals surface area contributed by atoms with Crippen LogP contribution in [0, 0.1) is 0 Å². The molecule has 0 saturated heterocycles. The molecule has 5 nitrogen and oxygen atoms in total. The van der Waals surface area contributed by atoms with Gasteiger partial charge >= 0.3 is 5.63 Å². The number of rotatable bonds is 2. The molecular formula is C10H6ClN3O2. The number of nitrogens with zero attached hydrogens (tertiary/aromatic N) is 3. The lowest BCUT2D eigenvalue weighted by atomic mass is 10.1. The van der Waals surface area contributed by atoms with Gasteiger partial charge in [0.2, 0.25) is 0 Å². The Morgan fingerprint density at radius 2 is 2.25 bits per heavy atom. The lowest BCUT2D eigenvalue weighted by Gasteiger charge is -2.02. The Labute approximate surface area is 94.9 Å². The standard InChI is InChI=1S/C10H6ClN3O2/c11-7-1-2-9-8(4-7)6(5-13-14-12)3-10(15)16-9/h1-4H,5H2. The van der Waals surface area contributed by atoms with Crippen LogP contribution in [0.15, 0.2) is 38.6 Å². The fraction of sp³-hybridized carbons (Fsp3) is 0.100. The summed E-state index contributed by atoms with van der Waals surface area (Å²) in [5.74, 6) is 0. The van der Waals surface area contributed by atoms with E-state index in [-0.39, 0.29) is 6.54 Å². The predicted octanol–water partition coefficient (Wildman–Crippen LogP) is 3.26. The van der Waals surface area contributed by atoms with Gasteiger partial charge in [0.25, 0.3) is 0 Å². The molecule has 1 aromatic carbocycles. The van der Waals surface area contributed by atoms with Crippen LogP contribution in [-0.4, -0.2) is 0 Å². The summed E-state index contributed by atoms with van der Waals surface area (Å²) in [5.41, 5.74) is 8.81. The van der Waals surface area contributed by atoms with Gasteiger partial charge in [-0.1, -0.05) is 16.7 Å². The van der Waals surface area contributed by atoms with E-state index in [2.05, 4.69) is 10.0 Å². The maximum Gasteiger partial charge on any atom is 0.336 e. The SMILES string of the molecule is [N-]=[N+]=NCc1cc(=O)oc2ccc(Cl)cc12. The zero-order valence-corrected chi connectivity index (χ0v) is 8.81. The first-order valence-corrected chi connectivity index (χ1v) is 4.81. The second-order valence-corrected chi connectivity index (χ2v) is 3.56. The minimum atomic E-state index is -0.474. The molecule has 0 aliphatic rings. The molecule has 1 aromatic heterocycles. The molecule has 2 aromatic rings. The highest BCUT2D eigenvalue weighted by atomic mass is 35.5. The van der Waals surface area contributed by atoms with Crippen molar-refractivity contribution < 1.29 is 4.42 Å². The predicted molar refractivity (Wildman–Crippen MR) is 60.3 cm³/mol. The van der Waals surface area contributed by atoms with Crippen LogP contribution < -0.4 is 5.63 Å². The third-order valence-electron chi connectivity index (χ3n) is 2.09. The van der Waals surface area contributed by atoms with E-state index in [1.807, 2.05) is 0 Å². The minimum absolute atomic E-state index is 0.0962. The van der Waals surface area contributed by atoms with Gasteiger partial charge in [-0.3, -0.25) is 0 Å². The van der Waals surface area contributed by atoms with Crippen molar-refractivity contribution in [1.82, 2.24) is 0 Å². The van der Waals surface area contributed by atoms with Gasteiger partial charge in [-0.05, 0) is 29.3 Å². The Kier molecular flexibility index (Phi) is 2.81. The number of azide groups is 1. The highest BCUT2D eigenvalue weighted by Gasteiger charge is 2.05. The zero-order chi connectivity index (χ0) is 11.5. The molecule has 1 heterocycles. The number of hydrogen-bond donors (Lipinski definition) is 0. The van der Waals surface area contributed by atoms with Gasteiger partial charge in [0, 0.05) is 21.4 Å².